The van der Waals surface area contributed by atoms with Crippen molar-refractivity contribution in [2.24, 2.45) is 5.73 Å². The molecule has 0 aliphatic carbocycles. The van der Waals surface area contributed by atoms with Crippen molar-refractivity contribution in [2.75, 3.05) is 18.9 Å². The molecule has 3 heterocycles. The lowest BCUT2D eigenvalue weighted by Gasteiger charge is -2.22. The number of hydrogen-bond donors (Lipinski definition) is 6. The van der Waals surface area contributed by atoms with Crippen LogP contribution in [0.3, 0.4) is 0 Å². The molecule has 0 aromatic carbocycles. The van der Waals surface area contributed by atoms with E-state index in [1.165, 1.54) is 10.9 Å². The first-order valence-corrected chi connectivity index (χ1v) is 7.62. The van der Waals surface area contributed by atoms with Crippen molar-refractivity contribution < 1.29 is 19.7 Å². The van der Waals surface area contributed by atoms with Gasteiger partial charge in [0.15, 0.2) is 17.4 Å². The third-order valence-electron chi connectivity index (χ3n) is 3.97. The Morgan fingerprint density at radius 1 is 1.52 bits per heavy atom. The van der Waals surface area contributed by atoms with Gasteiger partial charge in [-0.25, -0.2) is 4.98 Å². The van der Waals surface area contributed by atoms with Crippen LogP contribution in [-0.4, -0.2) is 67.0 Å². The number of imidazole rings is 1. The van der Waals surface area contributed by atoms with Gasteiger partial charge in [-0.05, 0) is 0 Å². The zero-order chi connectivity index (χ0) is 18.1. The molecule has 12 nitrogen and oxygen atoms in total. The summed E-state index contributed by atoms with van der Waals surface area (Å²) in [5.74, 6) is -0.492. The Morgan fingerprint density at radius 2 is 2.28 bits per heavy atom. The number of nitrogen functional groups attached to an aromatic ring is 1. The zero-order valence-corrected chi connectivity index (χ0v) is 13.1. The van der Waals surface area contributed by atoms with Gasteiger partial charge in [0.1, 0.15) is 18.2 Å². The van der Waals surface area contributed by atoms with E-state index in [1.807, 2.05) is 0 Å². The van der Waals surface area contributed by atoms with E-state index in [9.17, 15) is 19.8 Å². The molecule has 25 heavy (non-hydrogen) atoms. The Bertz CT molecular complexity index is 834. The van der Waals surface area contributed by atoms with Crippen LogP contribution in [0.5, 0.6) is 0 Å². The fourth-order valence-electron chi connectivity index (χ4n) is 2.81. The highest BCUT2D eigenvalue weighted by Crippen LogP contribution is 2.31. The molecule has 12 heteroatoms. The minimum atomic E-state index is -1.17. The summed E-state index contributed by atoms with van der Waals surface area (Å²) >= 11 is 0. The lowest BCUT2D eigenvalue weighted by atomic mass is 10.1. The smallest absolute Gasteiger partial charge is 0.280 e. The third-order valence-corrected chi connectivity index (χ3v) is 3.97. The maximum absolute atomic E-state index is 11.9. The van der Waals surface area contributed by atoms with Gasteiger partial charge in [-0.15, -0.1) is 0 Å². The van der Waals surface area contributed by atoms with Crippen molar-refractivity contribution in [2.45, 2.75) is 30.9 Å². The second kappa shape index (κ2) is 6.76. The van der Waals surface area contributed by atoms with Gasteiger partial charge in [-0.1, -0.05) is 0 Å². The van der Waals surface area contributed by atoms with Crippen LogP contribution in [0.25, 0.3) is 11.2 Å². The maximum Gasteiger partial charge on any atom is 0.280 e. The van der Waals surface area contributed by atoms with E-state index in [0.29, 0.717) is 0 Å². The van der Waals surface area contributed by atoms with Gasteiger partial charge in [-0.3, -0.25) is 19.1 Å². The van der Waals surface area contributed by atoms with E-state index in [1.54, 1.807) is 0 Å². The molecule has 4 atom stereocenters. The molecule has 3 rings (SSSR count). The molecule has 1 amide bonds. The zero-order valence-electron chi connectivity index (χ0n) is 13.1. The number of H-pyrrole nitrogens is 1. The predicted molar refractivity (Wildman–Crippen MR) is 85.2 cm³/mol. The van der Waals surface area contributed by atoms with Gasteiger partial charge in [0.05, 0.1) is 12.9 Å². The van der Waals surface area contributed by atoms with Gasteiger partial charge < -0.3 is 31.7 Å². The van der Waals surface area contributed by atoms with Gasteiger partial charge in [0, 0.05) is 13.0 Å². The van der Waals surface area contributed by atoms with Crippen LogP contribution in [0.15, 0.2) is 11.1 Å². The van der Waals surface area contributed by atoms with E-state index in [2.05, 4.69) is 20.3 Å². The predicted octanol–water partition coefficient (Wildman–Crippen LogP) is -3.21. The lowest BCUT2D eigenvalue weighted by Crippen LogP contribution is -2.47. The number of fused-ring (bicyclic) bond motifs is 1. The molecule has 1 aliphatic heterocycles. The molecule has 1 fully saturated rings. The highest BCUT2D eigenvalue weighted by Gasteiger charge is 2.45. The molecule has 0 spiro atoms. The van der Waals surface area contributed by atoms with Gasteiger partial charge in [-0.2, -0.15) is 4.98 Å². The first kappa shape index (κ1) is 17.3. The number of ether oxygens (including phenoxy) is 1. The third kappa shape index (κ3) is 3.07. The average Bonchev–Trinajstić information content (AvgIpc) is 3.10. The SMILES string of the molecule is NCCC(=O)NC1C(O)[C@@H](CO)O[C@H]1n1cnc2c(=O)[nH]c(N)nc21. The fourth-order valence-corrected chi connectivity index (χ4v) is 2.81. The Morgan fingerprint density at radius 3 is 2.96 bits per heavy atom. The molecule has 2 unspecified atom stereocenters. The number of carbonyl (C=O) groups is 1. The van der Waals surface area contributed by atoms with Crippen molar-refractivity contribution >= 4 is 23.0 Å². The quantitative estimate of drug-likeness (QED) is 0.320. The molecular formula is C13H19N7O5. The fraction of sp³-hybridized carbons (Fsp3) is 0.538. The van der Waals surface area contributed by atoms with Crippen LogP contribution in [0.1, 0.15) is 12.6 Å². The molecular weight excluding hydrogens is 334 g/mol. The van der Waals surface area contributed by atoms with Gasteiger partial charge in [0.25, 0.3) is 5.56 Å². The van der Waals surface area contributed by atoms with Crippen LogP contribution < -0.4 is 22.3 Å². The van der Waals surface area contributed by atoms with E-state index >= 15 is 0 Å². The summed E-state index contributed by atoms with van der Waals surface area (Å²) < 4.78 is 7.01. The summed E-state index contributed by atoms with van der Waals surface area (Å²) in [7, 11) is 0. The average molecular weight is 353 g/mol. The molecule has 0 radical (unpaired) electrons. The van der Waals surface area contributed by atoms with Crippen molar-refractivity contribution in [3.63, 3.8) is 0 Å². The molecule has 136 valence electrons. The summed E-state index contributed by atoms with van der Waals surface area (Å²) in [5, 5.41) is 22.3. The van der Waals surface area contributed by atoms with E-state index in [-0.39, 0.29) is 36.0 Å². The highest BCUT2D eigenvalue weighted by molar-refractivity contribution is 5.76. The first-order chi connectivity index (χ1) is 12.0. The first-order valence-electron chi connectivity index (χ1n) is 7.62. The van der Waals surface area contributed by atoms with E-state index in [4.69, 9.17) is 16.2 Å². The second-order valence-corrected chi connectivity index (χ2v) is 5.65. The van der Waals surface area contributed by atoms with Crippen LogP contribution in [0.2, 0.25) is 0 Å². The number of nitrogens with zero attached hydrogens (tertiary/aromatic N) is 3. The number of aliphatic hydroxyl groups is 2. The summed E-state index contributed by atoms with van der Waals surface area (Å²) in [4.78, 5) is 34.1. The Labute approximate surface area is 140 Å². The minimum absolute atomic E-state index is 0.0340. The van der Waals surface area contributed by atoms with Gasteiger partial charge >= 0.3 is 0 Å². The number of aliphatic hydroxyl groups excluding tert-OH is 2. The lowest BCUT2D eigenvalue weighted by molar-refractivity contribution is -0.123. The number of amides is 1. The number of nitrogens with two attached hydrogens (primary N) is 2. The second-order valence-electron chi connectivity index (χ2n) is 5.65. The molecule has 0 saturated carbocycles. The van der Waals surface area contributed by atoms with Crippen molar-refractivity contribution in [1.82, 2.24) is 24.8 Å². The molecule has 0 bridgehead atoms. The van der Waals surface area contributed by atoms with Gasteiger partial charge in [0.2, 0.25) is 11.9 Å². The van der Waals surface area contributed by atoms with Crippen LogP contribution in [0.4, 0.5) is 5.95 Å². The number of aromatic nitrogens is 4. The maximum atomic E-state index is 11.9. The Balaban J connectivity index is 2.01. The Kier molecular flexibility index (Phi) is 4.67. The highest BCUT2D eigenvalue weighted by atomic mass is 16.5. The van der Waals surface area contributed by atoms with Crippen LogP contribution >= 0.6 is 0 Å². The van der Waals surface area contributed by atoms with Crippen LogP contribution in [-0.2, 0) is 9.53 Å². The largest absolute Gasteiger partial charge is 0.394 e. The van der Waals surface area contributed by atoms with E-state index < -0.39 is 36.6 Å². The summed E-state index contributed by atoms with van der Waals surface area (Å²) in [6.07, 6.45) is -1.67. The molecule has 2 aromatic heterocycles. The number of anilines is 1. The molecule has 1 aliphatic rings. The number of nitrogens with one attached hydrogen (secondary N) is 2. The molecule has 8 N–H and O–H groups in total. The molecule has 2 aromatic rings. The number of rotatable bonds is 5. The molecule has 1 saturated heterocycles. The van der Waals surface area contributed by atoms with E-state index in [0.717, 1.165) is 0 Å². The Hall–Kier alpha value is -2.54. The minimum Gasteiger partial charge on any atom is -0.394 e. The summed E-state index contributed by atoms with van der Waals surface area (Å²) in [5.41, 5.74) is 10.6. The normalized spacial score (nSPS) is 26.2. The topological polar surface area (TPSA) is 194 Å². The number of carbonyl (C=O) groups excluding carboxylic acids is 1. The summed E-state index contributed by atoms with van der Waals surface area (Å²) in [6, 6.07) is -0.893. The van der Waals surface area contributed by atoms with Crippen molar-refractivity contribution in [3.05, 3.63) is 16.7 Å². The number of hydrogen-bond acceptors (Lipinski definition) is 9. The standard InChI is InChI=1S/C13H19N7O5/c14-2-1-6(22)17-7-9(23)5(3-21)25-12(7)20-4-16-8-10(20)18-13(15)19-11(8)24/h4-5,7,9,12,21,23H,1-3,14H2,(H,17,22)(H3,15,18,19,24)/t5-,7?,9?,12-/m1/s1. The summed E-state index contributed by atoms with van der Waals surface area (Å²) in [6.45, 7) is -0.311. The van der Waals surface area contributed by atoms with Crippen LogP contribution in [0, 0.1) is 0 Å². The monoisotopic (exact) mass is 353 g/mol. The van der Waals surface area contributed by atoms with Crippen molar-refractivity contribution in [1.29, 1.82) is 0 Å². The number of aromatic amines is 1. The van der Waals surface area contributed by atoms with Crippen molar-refractivity contribution in [3.8, 4) is 0 Å².